The van der Waals surface area contributed by atoms with Crippen LogP contribution >= 0.6 is 0 Å². The van der Waals surface area contributed by atoms with Crippen molar-refractivity contribution < 1.29 is 26.7 Å². The molecule has 1 fully saturated rings. The van der Waals surface area contributed by atoms with Gasteiger partial charge in [0.15, 0.2) is 29.1 Å². The van der Waals surface area contributed by atoms with Gasteiger partial charge in [0, 0.05) is 12.2 Å². The largest absolute Gasteiger partial charge is 0.379 e. The van der Waals surface area contributed by atoms with Crippen LogP contribution in [0.4, 0.5) is 22.0 Å². The highest BCUT2D eigenvalue weighted by Gasteiger charge is 2.23. The number of rotatable bonds is 7. The second-order valence-corrected chi connectivity index (χ2v) is 8.82. The minimum absolute atomic E-state index is 0.0247. The molecule has 1 nitrogen and oxygen atoms in total. The Balaban J connectivity index is 1.44. The molecule has 0 atom stereocenters. The van der Waals surface area contributed by atoms with Crippen molar-refractivity contribution >= 4 is 0 Å². The Bertz CT molecular complexity index is 1110. The third-order valence-electron chi connectivity index (χ3n) is 6.66. The van der Waals surface area contributed by atoms with Crippen molar-refractivity contribution in [1.82, 2.24) is 0 Å². The molecular formula is C28H27F5O. The Hall–Kier alpha value is -2.73. The number of hydrogen-bond donors (Lipinski definition) is 0. The molecule has 0 amide bonds. The quantitative estimate of drug-likeness (QED) is 0.250. The number of halogens is 5. The maximum absolute atomic E-state index is 14.9. The summed E-state index contributed by atoms with van der Waals surface area (Å²) in [6.45, 7) is 2.74. The second-order valence-electron chi connectivity index (χ2n) is 8.82. The zero-order valence-corrected chi connectivity index (χ0v) is 19.0. The Morgan fingerprint density at radius 1 is 0.735 bits per heavy atom. The van der Waals surface area contributed by atoms with E-state index in [1.54, 1.807) is 0 Å². The van der Waals surface area contributed by atoms with Gasteiger partial charge in [0.1, 0.15) is 0 Å². The van der Waals surface area contributed by atoms with E-state index in [0.717, 1.165) is 44.4 Å². The van der Waals surface area contributed by atoms with Gasteiger partial charge >= 0.3 is 0 Å². The van der Waals surface area contributed by atoms with Crippen molar-refractivity contribution in [2.24, 2.45) is 0 Å². The van der Waals surface area contributed by atoms with E-state index in [-0.39, 0.29) is 29.5 Å². The molecule has 180 valence electrons. The lowest BCUT2D eigenvalue weighted by Gasteiger charge is -2.28. The predicted octanol–water partition coefficient (Wildman–Crippen LogP) is 7.90. The lowest BCUT2D eigenvalue weighted by atomic mass is 9.82. The molecular weight excluding hydrogens is 447 g/mol. The molecule has 0 bridgehead atoms. The zero-order valence-electron chi connectivity index (χ0n) is 19.0. The topological polar surface area (TPSA) is 9.23 Å². The first-order valence-electron chi connectivity index (χ1n) is 11.7. The Kier molecular flexibility index (Phi) is 7.67. The number of aryl methyl sites for hydroxylation is 2. The molecule has 3 aromatic carbocycles. The molecule has 0 unspecified atom stereocenters. The SMILES string of the molecule is CCOC1CCC(c2ccc(-c3ccc(CCc4cc(F)c(F)c(F)c4)c(F)c3F)cc2)CC1. The third kappa shape index (κ3) is 5.33. The van der Waals surface area contributed by atoms with Crippen LogP contribution in [0, 0.1) is 29.1 Å². The molecule has 6 heteroatoms. The average molecular weight is 475 g/mol. The van der Waals surface area contributed by atoms with E-state index in [1.807, 2.05) is 31.2 Å². The molecule has 34 heavy (non-hydrogen) atoms. The third-order valence-corrected chi connectivity index (χ3v) is 6.66. The fourth-order valence-electron chi connectivity index (χ4n) is 4.77. The minimum atomic E-state index is -1.55. The van der Waals surface area contributed by atoms with E-state index in [1.165, 1.54) is 17.7 Å². The Morgan fingerprint density at radius 3 is 2.00 bits per heavy atom. The summed E-state index contributed by atoms with van der Waals surface area (Å²) < 4.78 is 75.2. The molecule has 1 saturated carbocycles. The first kappa shape index (κ1) is 24.4. The lowest BCUT2D eigenvalue weighted by molar-refractivity contribution is 0.0328. The van der Waals surface area contributed by atoms with Crippen molar-refractivity contribution in [2.75, 3.05) is 6.61 Å². The van der Waals surface area contributed by atoms with Crippen LogP contribution in [-0.2, 0) is 17.6 Å². The van der Waals surface area contributed by atoms with Gasteiger partial charge < -0.3 is 4.74 Å². The van der Waals surface area contributed by atoms with Crippen LogP contribution in [0.5, 0.6) is 0 Å². The molecule has 1 aliphatic rings. The van der Waals surface area contributed by atoms with Gasteiger partial charge in [-0.2, -0.15) is 0 Å². The number of benzene rings is 3. The van der Waals surface area contributed by atoms with E-state index < -0.39 is 29.1 Å². The lowest BCUT2D eigenvalue weighted by Crippen LogP contribution is -2.20. The summed E-state index contributed by atoms with van der Waals surface area (Å²) in [6, 6.07) is 12.3. The average Bonchev–Trinajstić information content (AvgIpc) is 2.84. The Morgan fingerprint density at radius 2 is 1.38 bits per heavy atom. The summed E-state index contributed by atoms with van der Waals surface area (Å²) >= 11 is 0. The van der Waals surface area contributed by atoms with Gasteiger partial charge in [-0.25, -0.2) is 22.0 Å². The maximum Gasteiger partial charge on any atom is 0.194 e. The highest BCUT2D eigenvalue weighted by molar-refractivity contribution is 5.65. The van der Waals surface area contributed by atoms with Gasteiger partial charge in [-0.15, -0.1) is 0 Å². The molecule has 0 aliphatic heterocycles. The summed E-state index contributed by atoms with van der Waals surface area (Å²) in [6.07, 6.45) is 4.54. The smallest absolute Gasteiger partial charge is 0.194 e. The monoisotopic (exact) mass is 474 g/mol. The van der Waals surface area contributed by atoms with Crippen LogP contribution in [0.1, 0.15) is 55.2 Å². The first-order chi connectivity index (χ1) is 16.4. The van der Waals surface area contributed by atoms with Crippen molar-refractivity contribution in [3.05, 3.63) is 94.3 Å². The maximum atomic E-state index is 14.9. The standard InChI is InChI=1S/C28H27F5O/c1-2-34-22-12-9-19(10-13-22)18-5-7-20(8-6-18)23-14-11-21(26(31)27(23)32)4-3-17-15-24(29)28(33)25(30)16-17/h5-8,11,14-16,19,22H,2-4,9-10,12-13H2,1H3. The van der Waals surface area contributed by atoms with Crippen LogP contribution < -0.4 is 0 Å². The van der Waals surface area contributed by atoms with Crippen molar-refractivity contribution in [3.8, 4) is 11.1 Å². The molecule has 0 spiro atoms. The first-order valence-corrected chi connectivity index (χ1v) is 11.7. The summed E-state index contributed by atoms with van der Waals surface area (Å²) in [5.74, 6) is -5.66. The summed E-state index contributed by atoms with van der Waals surface area (Å²) in [5.41, 5.74) is 2.19. The fourth-order valence-corrected chi connectivity index (χ4v) is 4.77. The van der Waals surface area contributed by atoms with Crippen LogP contribution in [0.25, 0.3) is 11.1 Å². The van der Waals surface area contributed by atoms with Gasteiger partial charge in [0.25, 0.3) is 0 Å². The van der Waals surface area contributed by atoms with Crippen LogP contribution in [0.3, 0.4) is 0 Å². The van der Waals surface area contributed by atoms with Crippen molar-refractivity contribution in [2.45, 2.75) is 57.5 Å². The van der Waals surface area contributed by atoms with Gasteiger partial charge in [0.05, 0.1) is 6.10 Å². The molecule has 0 saturated heterocycles. The van der Waals surface area contributed by atoms with Gasteiger partial charge in [-0.3, -0.25) is 0 Å². The highest BCUT2D eigenvalue weighted by Crippen LogP contribution is 2.35. The molecule has 1 aliphatic carbocycles. The predicted molar refractivity (Wildman–Crippen MR) is 122 cm³/mol. The van der Waals surface area contributed by atoms with Gasteiger partial charge in [-0.1, -0.05) is 36.4 Å². The summed E-state index contributed by atoms with van der Waals surface area (Å²) in [5, 5.41) is 0. The summed E-state index contributed by atoms with van der Waals surface area (Å²) in [4.78, 5) is 0. The van der Waals surface area contributed by atoms with E-state index in [4.69, 9.17) is 4.74 Å². The van der Waals surface area contributed by atoms with E-state index in [9.17, 15) is 22.0 Å². The molecule has 0 N–H and O–H groups in total. The van der Waals surface area contributed by atoms with Gasteiger partial charge in [-0.05, 0) is 85.8 Å². The fraction of sp³-hybridized carbons (Fsp3) is 0.357. The number of hydrogen-bond acceptors (Lipinski definition) is 1. The van der Waals surface area contributed by atoms with Crippen LogP contribution in [-0.4, -0.2) is 12.7 Å². The van der Waals surface area contributed by atoms with Crippen molar-refractivity contribution in [3.63, 3.8) is 0 Å². The number of ether oxygens (including phenoxy) is 1. The van der Waals surface area contributed by atoms with Crippen LogP contribution in [0.15, 0.2) is 48.5 Å². The Labute approximate surface area is 196 Å². The second kappa shape index (κ2) is 10.7. The van der Waals surface area contributed by atoms with Crippen LogP contribution in [0.2, 0.25) is 0 Å². The highest BCUT2D eigenvalue weighted by atomic mass is 19.2. The normalized spacial score (nSPS) is 18.3. The molecule has 0 heterocycles. The molecule has 0 radical (unpaired) electrons. The molecule has 4 rings (SSSR count). The van der Waals surface area contributed by atoms with E-state index in [0.29, 0.717) is 17.6 Å². The van der Waals surface area contributed by atoms with Gasteiger partial charge in [0.2, 0.25) is 0 Å². The zero-order chi connectivity index (χ0) is 24.2. The van der Waals surface area contributed by atoms with E-state index in [2.05, 4.69) is 0 Å². The van der Waals surface area contributed by atoms with Crippen molar-refractivity contribution in [1.29, 1.82) is 0 Å². The molecule has 0 aromatic heterocycles. The minimum Gasteiger partial charge on any atom is -0.379 e. The summed E-state index contributed by atoms with van der Waals surface area (Å²) in [7, 11) is 0. The molecule has 3 aromatic rings. The van der Waals surface area contributed by atoms with E-state index >= 15 is 0 Å².